The summed E-state index contributed by atoms with van der Waals surface area (Å²) in [5.41, 5.74) is 1.90. The Bertz CT molecular complexity index is 467. The van der Waals surface area contributed by atoms with Crippen LogP contribution in [0.5, 0.6) is 0 Å². The highest BCUT2D eigenvalue weighted by molar-refractivity contribution is 9.10. The molecule has 1 heterocycles. The number of hydrogen-bond donors (Lipinski definition) is 0. The first-order valence-corrected chi connectivity index (χ1v) is 8.36. The van der Waals surface area contributed by atoms with Crippen molar-refractivity contribution >= 4 is 33.6 Å². The van der Waals surface area contributed by atoms with Gasteiger partial charge in [0.15, 0.2) is 0 Å². The van der Waals surface area contributed by atoms with Crippen LogP contribution in [0.4, 0.5) is 0 Å². The number of hydrogen-bond acceptors (Lipinski definition) is 2. The van der Waals surface area contributed by atoms with Gasteiger partial charge >= 0.3 is 0 Å². The Balaban J connectivity index is 2.15. The second-order valence-electron chi connectivity index (χ2n) is 5.67. The molecular weight excluding hydrogens is 322 g/mol. The summed E-state index contributed by atoms with van der Waals surface area (Å²) in [5.74, 6) is 1.17. The number of benzene rings is 1. The third-order valence-corrected chi connectivity index (χ3v) is 5.24. The molecule has 0 aromatic heterocycles. The second-order valence-corrected chi connectivity index (χ2v) is 8.39. The van der Waals surface area contributed by atoms with Gasteiger partial charge in [0, 0.05) is 33.6 Å². The molecule has 104 valence electrons. The lowest BCUT2D eigenvalue weighted by molar-refractivity contribution is 0.0764. The van der Waals surface area contributed by atoms with Crippen LogP contribution in [-0.2, 0) is 0 Å². The van der Waals surface area contributed by atoms with Crippen molar-refractivity contribution in [2.75, 3.05) is 18.8 Å². The van der Waals surface area contributed by atoms with Crippen LogP contribution in [0, 0.1) is 6.92 Å². The van der Waals surface area contributed by atoms with E-state index < -0.39 is 0 Å². The minimum Gasteiger partial charge on any atom is -0.338 e. The molecule has 1 amide bonds. The summed E-state index contributed by atoms with van der Waals surface area (Å²) < 4.78 is 1.25. The number of halogens is 1. The van der Waals surface area contributed by atoms with Gasteiger partial charge in [0.2, 0.25) is 0 Å². The summed E-state index contributed by atoms with van der Waals surface area (Å²) in [6.45, 7) is 8.23. The van der Waals surface area contributed by atoms with Crippen LogP contribution in [0.25, 0.3) is 0 Å². The van der Waals surface area contributed by atoms with E-state index in [1.165, 1.54) is 0 Å². The summed E-state index contributed by atoms with van der Waals surface area (Å²) >= 11 is 5.42. The summed E-state index contributed by atoms with van der Waals surface area (Å²) in [6.07, 6.45) is 1.05. The highest BCUT2D eigenvalue weighted by Crippen LogP contribution is 2.31. The van der Waals surface area contributed by atoms with E-state index in [1.54, 1.807) is 0 Å². The number of thioether (sulfide) groups is 1. The van der Waals surface area contributed by atoms with E-state index in [-0.39, 0.29) is 10.7 Å². The Morgan fingerprint density at radius 2 is 2.05 bits per heavy atom. The molecule has 1 aliphatic rings. The highest BCUT2D eigenvalue weighted by Gasteiger charge is 2.26. The third-order valence-electron chi connectivity index (χ3n) is 3.41. The Morgan fingerprint density at radius 1 is 1.32 bits per heavy atom. The van der Waals surface area contributed by atoms with Crippen LogP contribution in [0.2, 0.25) is 0 Å². The summed E-state index contributed by atoms with van der Waals surface area (Å²) in [7, 11) is 0. The summed E-state index contributed by atoms with van der Waals surface area (Å²) in [5, 5.41) is 0. The van der Waals surface area contributed by atoms with E-state index >= 15 is 0 Å². The van der Waals surface area contributed by atoms with Crippen LogP contribution >= 0.6 is 27.7 Å². The number of amides is 1. The Hall–Kier alpha value is -0.480. The van der Waals surface area contributed by atoms with Gasteiger partial charge in [-0.2, -0.15) is 11.8 Å². The smallest absolute Gasteiger partial charge is 0.253 e. The first-order valence-electron chi connectivity index (χ1n) is 6.58. The summed E-state index contributed by atoms with van der Waals surface area (Å²) in [4.78, 5) is 14.6. The van der Waals surface area contributed by atoms with Gasteiger partial charge in [-0.05, 0) is 37.1 Å². The zero-order valence-electron chi connectivity index (χ0n) is 11.7. The van der Waals surface area contributed by atoms with Gasteiger partial charge in [-0.15, -0.1) is 0 Å². The molecule has 2 rings (SSSR count). The topological polar surface area (TPSA) is 20.3 Å². The molecule has 0 unspecified atom stereocenters. The molecule has 1 saturated heterocycles. The van der Waals surface area contributed by atoms with Gasteiger partial charge in [-0.3, -0.25) is 4.79 Å². The van der Waals surface area contributed by atoms with Crippen molar-refractivity contribution < 1.29 is 4.79 Å². The zero-order chi connectivity index (χ0) is 14.0. The molecule has 1 fully saturated rings. The van der Waals surface area contributed by atoms with Gasteiger partial charge in [-0.25, -0.2) is 0 Å². The first kappa shape index (κ1) is 14.9. The third kappa shape index (κ3) is 3.99. The zero-order valence-corrected chi connectivity index (χ0v) is 14.1. The quantitative estimate of drug-likeness (QED) is 0.765. The molecule has 0 radical (unpaired) electrons. The van der Waals surface area contributed by atoms with E-state index in [9.17, 15) is 4.79 Å². The Kier molecular flexibility index (Phi) is 4.62. The number of carbonyl (C=O) groups is 1. The minimum absolute atomic E-state index is 0.155. The minimum atomic E-state index is 0.155. The van der Waals surface area contributed by atoms with Crippen LogP contribution in [0.3, 0.4) is 0 Å². The van der Waals surface area contributed by atoms with E-state index in [0.29, 0.717) is 0 Å². The molecule has 1 aromatic rings. The van der Waals surface area contributed by atoms with Gasteiger partial charge in [-0.1, -0.05) is 29.8 Å². The molecule has 0 N–H and O–H groups in total. The van der Waals surface area contributed by atoms with E-state index in [1.807, 2.05) is 41.8 Å². The maximum atomic E-state index is 12.6. The standard InChI is InChI=1S/C15H20BrNOS/c1-11-8-12(10-13(16)9-11)14(18)17-5-4-15(2,3)19-7-6-17/h8-10H,4-7H2,1-3H3. The van der Waals surface area contributed by atoms with Crippen molar-refractivity contribution in [1.82, 2.24) is 4.90 Å². The van der Waals surface area contributed by atoms with Crippen LogP contribution in [0.15, 0.2) is 22.7 Å². The number of nitrogens with zero attached hydrogens (tertiary/aromatic N) is 1. The number of carbonyl (C=O) groups excluding carboxylic acids is 1. The molecule has 0 bridgehead atoms. The van der Waals surface area contributed by atoms with Gasteiger partial charge in [0.05, 0.1) is 0 Å². The normalized spacial score (nSPS) is 19.1. The van der Waals surface area contributed by atoms with Crippen molar-refractivity contribution in [3.05, 3.63) is 33.8 Å². The fourth-order valence-corrected chi connectivity index (χ4v) is 3.97. The fourth-order valence-electron chi connectivity index (χ4n) is 2.27. The maximum absolute atomic E-state index is 12.6. The van der Waals surface area contributed by atoms with Crippen molar-refractivity contribution in [3.63, 3.8) is 0 Å². The van der Waals surface area contributed by atoms with Crippen LogP contribution < -0.4 is 0 Å². The molecular formula is C15H20BrNOS. The molecule has 1 aliphatic heterocycles. The second kappa shape index (κ2) is 5.88. The molecule has 0 spiro atoms. The van der Waals surface area contributed by atoms with Gasteiger partial charge in [0.25, 0.3) is 5.91 Å². The molecule has 4 heteroatoms. The van der Waals surface area contributed by atoms with Crippen molar-refractivity contribution in [2.24, 2.45) is 0 Å². The van der Waals surface area contributed by atoms with Gasteiger partial charge < -0.3 is 4.90 Å². The number of aryl methyl sites for hydroxylation is 1. The molecule has 2 nitrogen and oxygen atoms in total. The van der Waals surface area contributed by atoms with Crippen LogP contribution in [-0.4, -0.2) is 34.4 Å². The molecule has 0 atom stereocenters. The first-order chi connectivity index (χ1) is 8.87. The lowest BCUT2D eigenvalue weighted by atomic mass is 10.1. The van der Waals surface area contributed by atoms with Crippen LogP contribution in [0.1, 0.15) is 36.2 Å². The number of rotatable bonds is 1. The Morgan fingerprint density at radius 3 is 2.74 bits per heavy atom. The van der Waals surface area contributed by atoms with E-state index in [4.69, 9.17) is 0 Å². The van der Waals surface area contributed by atoms with Crippen molar-refractivity contribution in [2.45, 2.75) is 31.9 Å². The predicted octanol–water partition coefficient (Wildman–Crippen LogP) is 4.12. The van der Waals surface area contributed by atoms with E-state index in [0.717, 1.165) is 40.9 Å². The molecule has 1 aromatic carbocycles. The highest BCUT2D eigenvalue weighted by atomic mass is 79.9. The van der Waals surface area contributed by atoms with Crippen molar-refractivity contribution in [1.29, 1.82) is 0 Å². The molecule has 0 aliphatic carbocycles. The monoisotopic (exact) mass is 341 g/mol. The summed E-state index contributed by atoms with van der Waals surface area (Å²) in [6, 6.07) is 5.91. The largest absolute Gasteiger partial charge is 0.338 e. The molecule has 0 saturated carbocycles. The fraction of sp³-hybridized carbons (Fsp3) is 0.533. The molecule has 19 heavy (non-hydrogen) atoms. The SMILES string of the molecule is Cc1cc(Br)cc(C(=O)N2CCSC(C)(C)CC2)c1. The average molecular weight is 342 g/mol. The maximum Gasteiger partial charge on any atom is 0.253 e. The van der Waals surface area contributed by atoms with Gasteiger partial charge in [0.1, 0.15) is 0 Å². The van der Waals surface area contributed by atoms with E-state index in [2.05, 4.69) is 29.8 Å². The Labute approximate surface area is 128 Å². The lowest BCUT2D eigenvalue weighted by Crippen LogP contribution is -2.33. The lowest BCUT2D eigenvalue weighted by Gasteiger charge is -2.23. The van der Waals surface area contributed by atoms with Crippen molar-refractivity contribution in [3.8, 4) is 0 Å². The average Bonchev–Trinajstić information content (AvgIpc) is 2.48. The predicted molar refractivity (Wildman–Crippen MR) is 85.9 cm³/mol.